The van der Waals surface area contributed by atoms with Crippen LogP contribution in [0.1, 0.15) is 29.8 Å². The second kappa shape index (κ2) is 11.9. The lowest BCUT2D eigenvalue weighted by Gasteiger charge is -2.30. The topological polar surface area (TPSA) is 177 Å². The number of rotatable bonds is 4. The van der Waals surface area contributed by atoms with Gasteiger partial charge in [0.05, 0.1) is 10.9 Å². The van der Waals surface area contributed by atoms with Crippen molar-refractivity contribution in [1.29, 1.82) is 0 Å². The van der Waals surface area contributed by atoms with Crippen molar-refractivity contribution in [2.45, 2.75) is 32.0 Å². The number of carbonyl (C=O) groups is 1. The zero-order valence-electron chi connectivity index (χ0n) is 25.1. The summed E-state index contributed by atoms with van der Waals surface area (Å²) < 4.78 is 22.4. The lowest BCUT2D eigenvalue weighted by Crippen LogP contribution is -2.43. The normalized spacial score (nSPS) is 13.8. The van der Waals surface area contributed by atoms with Gasteiger partial charge in [-0.1, -0.05) is 18.2 Å². The van der Waals surface area contributed by atoms with Crippen LogP contribution in [0.5, 0.6) is 28.7 Å². The van der Waals surface area contributed by atoms with E-state index in [0.29, 0.717) is 23.3 Å². The Morgan fingerprint density at radius 3 is 2.32 bits per heavy atom. The van der Waals surface area contributed by atoms with Crippen LogP contribution in [-0.2, 0) is 11.2 Å². The van der Waals surface area contributed by atoms with E-state index in [1.807, 2.05) is 26.0 Å². The van der Waals surface area contributed by atoms with E-state index in [4.69, 9.17) is 18.3 Å². The third-order valence-corrected chi connectivity index (χ3v) is 7.71. The summed E-state index contributed by atoms with van der Waals surface area (Å²) in [5.41, 5.74) is 0.423. The van der Waals surface area contributed by atoms with Gasteiger partial charge in [-0.15, -0.1) is 0 Å². The Bertz CT molecular complexity index is 2270. The molecule has 3 heterocycles. The number of hydrogen-bond acceptors (Lipinski definition) is 11. The van der Waals surface area contributed by atoms with Gasteiger partial charge in [-0.3, -0.25) is 4.79 Å². The molecule has 0 aliphatic carbocycles. The molecule has 238 valence electrons. The smallest absolute Gasteiger partial charge is 0.338 e. The van der Waals surface area contributed by atoms with E-state index < -0.39 is 28.2 Å². The third kappa shape index (κ3) is 6.19. The fourth-order valence-corrected chi connectivity index (χ4v) is 5.17. The van der Waals surface area contributed by atoms with Crippen LogP contribution in [0, 0.1) is 0 Å². The minimum atomic E-state index is -0.820. The molecule has 0 spiro atoms. The van der Waals surface area contributed by atoms with E-state index >= 15 is 0 Å². The van der Waals surface area contributed by atoms with Crippen molar-refractivity contribution in [2.75, 3.05) is 0 Å². The molecule has 0 radical (unpaired) electrons. The number of ether oxygens (including phenoxy) is 2. The maximum atomic E-state index is 12.4. The van der Waals surface area contributed by atoms with Crippen molar-refractivity contribution >= 4 is 27.9 Å². The molecule has 1 atom stereocenters. The molecule has 0 saturated carbocycles. The molecule has 11 nitrogen and oxygen atoms in total. The Morgan fingerprint density at radius 2 is 1.57 bits per heavy atom. The van der Waals surface area contributed by atoms with Gasteiger partial charge in [0.1, 0.15) is 34.4 Å². The summed E-state index contributed by atoms with van der Waals surface area (Å²) >= 11 is 0. The Morgan fingerprint density at radius 1 is 0.809 bits per heavy atom. The molecule has 1 aliphatic rings. The molecule has 2 aromatic heterocycles. The van der Waals surface area contributed by atoms with Gasteiger partial charge < -0.3 is 38.7 Å². The maximum Gasteiger partial charge on any atom is 0.338 e. The Balaban J connectivity index is 0.000000168. The van der Waals surface area contributed by atoms with E-state index in [1.165, 1.54) is 36.4 Å². The molecule has 0 saturated heterocycles. The zero-order valence-corrected chi connectivity index (χ0v) is 25.1. The largest absolute Gasteiger partial charge is 0.508 e. The number of phenolic OH excluding ortho intramolecular Hbond substituents is 3. The first-order valence-electron chi connectivity index (χ1n) is 14.4. The van der Waals surface area contributed by atoms with Crippen LogP contribution in [0.25, 0.3) is 33.3 Å². The summed E-state index contributed by atoms with van der Waals surface area (Å²) in [6.45, 7) is 3.68. The summed E-state index contributed by atoms with van der Waals surface area (Å²) in [5, 5.41) is 39.1. The first-order chi connectivity index (χ1) is 22.4. The standard InChI is InChI=1S/C21H18O5.C15H10O6/c1-21(2,26-20(23)13-6-4-3-5-7-13)18-11-15-10-14-8-9-19(22)25-16(14)12-17(15)24-18;16-8-2-3-9-12(6-8)21-15(14(20)13(9)19)7-1-4-10(17)11(18)5-7/h3-10,12,18H,11H2,1-2H3;1-6,16-18,20H. The molecule has 1 aliphatic heterocycles. The molecule has 47 heavy (non-hydrogen) atoms. The lowest BCUT2D eigenvalue weighted by molar-refractivity contribution is -0.0517. The Labute approximate surface area is 266 Å². The van der Waals surface area contributed by atoms with Crippen LogP contribution in [0.15, 0.2) is 109 Å². The zero-order chi connectivity index (χ0) is 33.5. The van der Waals surface area contributed by atoms with Gasteiger partial charge in [-0.05, 0) is 74.0 Å². The molecule has 11 heteroatoms. The third-order valence-electron chi connectivity index (χ3n) is 7.71. The molecule has 4 aromatic carbocycles. The minimum Gasteiger partial charge on any atom is -0.508 e. The van der Waals surface area contributed by atoms with Crippen molar-refractivity contribution in [1.82, 2.24) is 0 Å². The fourth-order valence-electron chi connectivity index (χ4n) is 5.17. The van der Waals surface area contributed by atoms with Gasteiger partial charge in [0, 0.05) is 35.6 Å². The highest BCUT2D eigenvalue weighted by Crippen LogP contribution is 2.38. The number of hydrogen-bond donors (Lipinski definition) is 4. The van der Waals surface area contributed by atoms with Crippen molar-refractivity contribution in [3.8, 4) is 40.1 Å². The molecular weight excluding hydrogens is 608 g/mol. The van der Waals surface area contributed by atoms with E-state index in [2.05, 4.69) is 0 Å². The van der Waals surface area contributed by atoms with Crippen molar-refractivity contribution in [2.24, 2.45) is 0 Å². The molecular formula is C36H28O11. The second-order valence-electron chi connectivity index (χ2n) is 11.4. The predicted molar refractivity (Wildman–Crippen MR) is 171 cm³/mol. The first kappa shape index (κ1) is 30.8. The summed E-state index contributed by atoms with van der Waals surface area (Å²) in [6, 6.07) is 23.3. The predicted octanol–water partition coefficient (Wildman–Crippen LogP) is 6.01. The molecule has 1 unspecified atom stereocenters. The summed E-state index contributed by atoms with van der Waals surface area (Å²) in [5.74, 6) is -1.33. The van der Waals surface area contributed by atoms with Crippen LogP contribution < -0.4 is 15.8 Å². The molecule has 0 fully saturated rings. The van der Waals surface area contributed by atoms with Crippen LogP contribution in [-0.4, -0.2) is 38.1 Å². The van der Waals surface area contributed by atoms with Crippen LogP contribution in [0.4, 0.5) is 0 Å². The molecule has 7 rings (SSSR count). The van der Waals surface area contributed by atoms with E-state index in [9.17, 15) is 34.8 Å². The summed E-state index contributed by atoms with van der Waals surface area (Å²) in [6.07, 6.45) is 0.285. The van der Waals surface area contributed by atoms with Gasteiger partial charge >= 0.3 is 11.6 Å². The summed E-state index contributed by atoms with van der Waals surface area (Å²) in [7, 11) is 0. The number of carbonyl (C=O) groups excluding carboxylic acids is 1. The Kier molecular flexibility index (Phi) is 7.82. The van der Waals surface area contributed by atoms with E-state index in [0.717, 1.165) is 17.0 Å². The molecule has 0 amide bonds. The lowest BCUT2D eigenvalue weighted by atomic mass is 9.96. The second-order valence-corrected chi connectivity index (χ2v) is 11.4. The molecule has 6 aromatic rings. The average Bonchev–Trinajstić information content (AvgIpc) is 3.47. The molecule has 0 bridgehead atoms. The monoisotopic (exact) mass is 636 g/mol. The van der Waals surface area contributed by atoms with E-state index in [1.54, 1.807) is 36.4 Å². The first-order valence-corrected chi connectivity index (χ1v) is 14.4. The average molecular weight is 637 g/mol. The van der Waals surface area contributed by atoms with Crippen LogP contribution in [0.3, 0.4) is 0 Å². The number of phenols is 3. The number of benzene rings is 4. The van der Waals surface area contributed by atoms with Crippen LogP contribution >= 0.6 is 0 Å². The van der Waals surface area contributed by atoms with Gasteiger partial charge in [-0.2, -0.15) is 0 Å². The number of aromatic hydroxyl groups is 4. The van der Waals surface area contributed by atoms with Gasteiger partial charge in [0.2, 0.25) is 11.2 Å². The van der Waals surface area contributed by atoms with Crippen molar-refractivity contribution < 1.29 is 43.5 Å². The minimum absolute atomic E-state index is 0.0872. The maximum absolute atomic E-state index is 12.4. The SMILES string of the molecule is CC(C)(OC(=O)c1ccccc1)C1Cc2cc3ccc(=O)oc3cc2O1.O=c1c(O)c(-c2ccc(O)c(O)c2)oc2cc(O)ccc12. The van der Waals surface area contributed by atoms with E-state index in [-0.39, 0.29) is 45.9 Å². The highest BCUT2D eigenvalue weighted by molar-refractivity contribution is 5.89. The van der Waals surface area contributed by atoms with Gasteiger partial charge in [-0.25, -0.2) is 9.59 Å². The summed E-state index contributed by atoms with van der Waals surface area (Å²) in [4.78, 5) is 35.9. The number of fused-ring (bicyclic) bond motifs is 3. The highest BCUT2D eigenvalue weighted by Gasteiger charge is 2.40. The van der Waals surface area contributed by atoms with Crippen molar-refractivity contribution in [3.63, 3.8) is 0 Å². The fraction of sp³-hybridized carbons (Fsp3) is 0.139. The highest BCUT2D eigenvalue weighted by atomic mass is 16.6. The van der Waals surface area contributed by atoms with Crippen LogP contribution in [0.2, 0.25) is 0 Å². The quantitative estimate of drug-likeness (QED) is 0.101. The van der Waals surface area contributed by atoms with Crippen molar-refractivity contribution in [3.05, 3.63) is 123 Å². The molecule has 4 N–H and O–H groups in total. The number of esters is 1. The van der Waals surface area contributed by atoms with Gasteiger partial charge in [0.15, 0.2) is 17.3 Å². The Hall–Kier alpha value is -6.23. The van der Waals surface area contributed by atoms with Gasteiger partial charge in [0.25, 0.3) is 0 Å².